The molecule has 0 saturated heterocycles. The highest BCUT2D eigenvalue weighted by Crippen LogP contribution is 2.36. The summed E-state index contributed by atoms with van der Waals surface area (Å²) in [4.78, 5) is 21.2. The molecule has 1 amide bonds. The minimum atomic E-state index is -3.88. The molecule has 0 saturated carbocycles. The van der Waals surface area contributed by atoms with Gasteiger partial charge in [-0.3, -0.25) is 14.4 Å². The maximum absolute atomic E-state index is 13.0. The zero-order chi connectivity index (χ0) is 20.8. The molecule has 1 aromatic carbocycles. The van der Waals surface area contributed by atoms with E-state index in [1.54, 1.807) is 24.4 Å². The van der Waals surface area contributed by atoms with Crippen molar-refractivity contribution in [2.75, 3.05) is 19.5 Å². The Balaban J connectivity index is 1.71. The summed E-state index contributed by atoms with van der Waals surface area (Å²) in [5, 5.41) is 2.62. The zero-order valence-corrected chi connectivity index (χ0v) is 18.5. The lowest BCUT2D eigenvalue weighted by Gasteiger charge is -2.29. The zero-order valence-electron chi connectivity index (χ0n) is 15.3. The van der Waals surface area contributed by atoms with Crippen LogP contribution in [0, 0.1) is 0 Å². The number of likely N-dealkylation sites (N-methyl/N-ethyl adjacent to an activating group) is 1. The van der Waals surface area contributed by atoms with Gasteiger partial charge in [0.15, 0.2) is 11.5 Å². The summed E-state index contributed by atoms with van der Waals surface area (Å²) in [5.74, 6) is -0.290. The Hall–Kier alpha value is -2.63. The number of methoxy groups -OCH3 is 1. The number of halogens is 1. The van der Waals surface area contributed by atoms with Crippen LogP contribution in [0.25, 0.3) is 16.3 Å². The Morgan fingerprint density at radius 2 is 2.03 bits per heavy atom. The van der Waals surface area contributed by atoms with Crippen LogP contribution in [0.15, 0.2) is 57.0 Å². The molecule has 0 fully saturated rings. The lowest BCUT2D eigenvalue weighted by molar-refractivity contribution is -0.113. The van der Waals surface area contributed by atoms with Crippen LogP contribution in [0.4, 0.5) is 5.95 Å². The molecule has 2 aromatic heterocycles. The summed E-state index contributed by atoms with van der Waals surface area (Å²) >= 11 is 4.92. The van der Waals surface area contributed by atoms with E-state index in [9.17, 15) is 13.2 Å². The van der Waals surface area contributed by atoms with Crippen LogP contribution in [-0.2, 0) is 19.6 Å². The predicted octanol–water partition coefficient (Wildman–Crippen LogP) is 3.49. The molecule has 0 unspecified atom stereocenters. The lowest BCUT2D eigenvalue weighted by Crippen LogP contribution is -2.37. The van der Waals surface area contributed by atoms with Crippen LogP contribution < -0.4 is 5.32 Å². The largest absolute Gasteiger partial charge is 0.494 e. The minimum absolute atomic E-state index is 0.0828. The van der Waals surface area contributed by atoms with Gasteiger partial charge in [0.1, 0.15) is 0 Å². The predicted molar refractivity (Wildman–Crippen MR) is 114 cm³/mol. The fraction of sp³-hybridized carbons (Fsp3) is 0.111. The number of rotatable bonds is 4. The number of amides is 1. The first-order valence-corrected chi connectivity index (χ1v) is 11.4. The molecule has 4 rings (SSSR count). The summed E-state index contributed by atoms with van der Waals surface area (Å²) in [7, 11) is -1.18. The number of fused-ring (bicyclic) bond motifs is 1. The summed E-state index contributed by atoms with van der Waals surface area (Å²) in [6, 6.07) is 10.2. The van der Waals surface area contributed by atoms with Crippen LogP contribution in [-0.4, -0.2) is 42.8 Å². The molecule has 0 radical (unpaired) electrons. The van der Waals surface area contributed by atoms with Crippen LogP contribution in [0.3, 0.4) is 0 Å². The number of thiophene rings is 1. The van der Waals surface area contributed by atoms with Crippen molar-refractivity contribution in [3.63, 3.8) is 0 Å². The Bertz CT molecular complexity index is 1250. The molecule has 0 spiro atoms. The second kappa shape index (κ2) is 7.32. The van der Waals surface area contributed by atoms with Gasteiger partial charge in [0, 0.05) is 12.6 Å². The maximum Gasteiger partial charge on any atom is 0.279 e. The van der Waals surface area contributed by atoms with Gasteiger partial charge in [-0.2, -0.15) is 0 Å². The number of aromatic nitrogens is 2. The van der Waals surface area contributed by atoms with E-state index < -0.39 is 15.9 Å². The number of imidazole rings is 1. The van der Waals surface area contributed by atoms with E-state index in [1.807, 2.05) is 12.1 Å². The van der Waals surface area contributed by atoms with Crippen molar-refractivity contribution < 1.29 is 17.9 Å². The van der Waals surface area contributed by atoms with E-state index in [0.29, 0.717) is 5.56 Å². The van der Waals surface area contributed by atoms with Crippen molar-refractivity contribution in [3.05, 3.63) is 57.6 Å². The molecule has 11 heteroatoms. The molecular weight excluding hydrogens is 480 g/mol. The van der Waals surface area contributed by atoms with Crippen LogP contribution in [0.2, 0.25) is 0 Å². The highest BCUT2D eigenvalue weighted by atomic mass is 79.9. The van der Waals surface area contributed by atoms with E-state index in [4.69, 9.17) is 4.74 Å². The first kappa shape index (κ1) is 19.7. The van der Waals surface area contributed by atoms with E-state index >= 15 is 0 Å². The molecule has 150 valence electrons. The number of nitrogens with one attached hydrogen (secondary N) is 2. The molecule has 1 aliphatic rings. The number of ether oxygens (including phenoxy) is 1. The molecule has 3 aromatic rings. The third-order valence-corrected chi connectivity index (χ3v) is 7.84. The van der Waals surface area contributed by atoms with E-state index in [2.05, 4.69) is 31.2 Å². The fourth-order valence-corrected chi connectivity index (χ4v) is 5.75. The number of nitrogens with zero attached hydrogens (tertiary/aromatic N) is 2. The highest BCUT2D eigenvalue weighted by Gasteiger charge is 2.38. The Kier molecular flexibility index (Phi) is 4.97. The quantitative estimate of drug-likeness (QED) is 0.577. The molecule has 29 heavy (non-hydrogen) atoms. The van der Waals surface area contributed by atoms with Gasteiger partial charge in [-0.1, -0.05) is 12.1 Å². The van der Waals surface area contributed by atoms with Gasteiger partial charge in [-0.25, -0.2) is 13.4 Å². The summed E-state index contributed by atoms with van der Waals surface area (Å²) in [5.41, 5.74) is 0.941. The molecule has 2 N–H and O–H groups in total. The van der Waals surface area contributed by atoms with Gasteiger partial charge in [0.25, 0.3) is 15.9 Å². The SMILES string of the molecule is COC1=C(C(=O)Nc2ncc(-c3ccc(Br)s3)[nH]2)N(C)S(=O)(=O)c2ccccc21. The summed E-state index contributed by atoms with van der Waals surface area (Å²) < 4.78 is 33.0. The Morgan fingerprint density at radius 3 is 2.72 bits per heavy atom. The van der Waals surface area contributed by atoms with Crippen molar-refractivity contribution in [2.24, 2.45) is 0 Å². The number of carbonyl (C=O) groups excluding carboxylic acids is 1. The van der Waals surface area contributed by atoms with E-state index in [-0.39, 0.29) is 22.3 Å². The topological polar surface area (TPSA) is 104 Å². The van der Waals surface area contributed by atoms with Crippen molar-refractivity contribution in [3.8, 4) is 10.6 Å². The van der Waals surface area contributed by atoms with E-state index in [1.165, 1.54) is 31.6 Å². The van der Waals surface area contributed by atoms with Gasteiger partial charge >= 0.3 is 0 Å². The molecule has 8 nitrogen and oxygen atoms in total. The number of aromatic amines is 1. The second-order valence-electron chi connectivity index (χ2n) is 6.05. The van der Waals surface area contributed by atoms with Gasteiger partial charge in [0.2, 0.25) is 5.95 Å². The van der Waals surface area contributed by atoms with Crippen molar-refractivity contribution in [1.82, 2.24) is 14.3 Å². The van der Waals surface area contributed by atoms with Gasteiger partial charge in [-0.05, 0) is 40.2 Å². The number of anilines is 1. The fourth-order valence-electron chi connectivity index (χ4n) is 3.01. The smallest absolute Gasteiger partial charge is 0.279 e. The molecule has 0 atom stereocenters. The van der Waals surface area contributed by atoms with Gasteiger partial charge in [0.05, 0.1) is 32.6 Å². The standard InChI is InChI=1S/C18H15BrN4O4S2/c1-23-15(16(27-2)10-5-3-4-6-13(10)29(23,25)26)17(24)22-18-20-9-11(21-18)12-7-8-14(19)28-12/h3-9H,1-2H3,(H2,20,21,22,24). The molecule has 0 bridgehead atoms. The van der Waals surface area contributed by atoms with Gasteiger partial charge < -0.3 is 9.72 Å². The third-order valence-electron chi connectivity index (χ3n) is 4.37. The molecule has 1 aliphatic heterocycles. The maximum atomic E-state index is 13.0. The van der Waals surface area contributed by atoms with E-state index in [0.717, 1.165) is 18.7 Å². The van der Waals surface area contributed by atoms with Crippen molar-refractivity contribution in [1.29, 1.82) is 0 Å². The highest BCUT2D eigenvalue weighted by molar-refractivity contribution is 9.11. The number of hydrogen-bond acceptors (Lipinski definition) is 6. The Labute approximate surface area is 179 Å². The third kappa shape index (κ3) is 3.34. The number of sulfonamides is 1. The first-order valence-electron chi connectivity index (χ1n) is 8.31. The number of carbonyl (C=O) groups is 1. The minimum Gasteiger partial charge on any atom is -0.494 e. The Morgan fingerprint density at radius 1 is 1.28 bits per heavy atom. The molecule has 3 heterocycles. The van der Waals surface area contributed by atoms with Gasteiger partial charge in [-0.15, -0.1) is 11.3 Å². The average molecular weight is 495 g/mol. The second-order valence-corrected chi connectivity index (χ2v) is 10.5. The number of H-pyrrole nitrogens is 1. The van der Waals surface area contributed by atoms with Crippen molar-refractivity contribution >= 4 is 54.9 Å². The van der Waals surface area contributed by atoms with Crippen LogP contribution in [0.1, 0.15) is 5.56 Å². The normalized spacial score (nSPS) is 15.2. The van der Waals surface area contributed by atoms with Crippen LogP contribution >= 0.6 is 27.3 Å². The monoisotopic (exact) mass is 494 g/mol. The molecule has 0 aliphatic carbocycles. The van der Waals surface area contributed by atoms with Crippen LogP contribution in [0.5, 0.6) is 0 Å². The first-order chi connectivity index (χ1) is 13.8. The lowest BCUT2D eigenvalue weighted by atomic mass is 10.1. The number of hydrogen-bond donors (Lipinski definition) is 2. The summed E-state index contributed by atoms with van der Waals surface area (Å²) in [6.45, 7) is 0. The summed E-state index contributed by atoms with van der Waals surface area (Å²) in [6.07, 6.45) is 1.59. The molecular formula is C18H15BrN4O4S2. The average Bonchev–Trinajstić information content (AvgIpc) is 3.33. The number of benzene rings is 1. The van der Waals surface area contributed by atoms with Crippen molar-refractivity contribution in [2.45, 2.75) is 4.90 Å².